The van der Waals surface area contributed by atoms with E-state index in [0.717, 1.165) is 0 Å². The van der Waals surface area contributed by atoms with Crippen molar-refractivity contribution in [1.82, 2.24) is 10.9 Å². The monoisotopic (exact) mass is 284 g/mol. The topological polar surface area (TPSA) is 95.1 Å². The zero-order valence-electron chi connectivity index (χ0n) is 11.6. The number of hydrazine groups is 1. The second-order valence-corrected chi connectivity index (χ2v) is 3.48. The van der Waals surface area contributed by atoms with Gasteiger partial charge in [-0.3, -0.25) is 10.2 Å². The summed E-state index contributed by atoms with van der Waals surface area (Å²) in [7, 11) is 5.51. The predicted octanol–water partition coefficient (Wildman–Crippen LogP) is 0.713. The van der Waals surface area contributed by atoms with Crippen LogP contribution in [0.1, 0.15) is 10.4 Å². The largest absolute Gasteiger partial charge is 0.493 e. The average Bonchev–Trinajstić information content (AvgIpc) is 2.50. The van der Waals surface area contributed by atoms with Gasteiger partial charge in [-0.2, -0.15) is 0 Å². The van der Waals surface area contributed by atoms with Gasteiger partial charge in [-0.1, -0.05) is 0 Å². The van der Waals surface area contributed by atoms with Gasteiger partial charge in [-0.15, -0.1) is 0 Å². The molecule has 0 saturated carbocycles. The van der Waals surface area contributed by atoms with Crippen LogP contribution in [0.4, 0.5) is 4.79 Å². The number of ether oxygens (including phenoxy) is 4. The molecule has 0 spiro atoms. The van der Waals surface area contributed by atoms with Crippen molar-refractivity contribution in [2.45, 2.75) is 0 Å². The van der Waals surface area contributed by atoms with E-state index in [-0.39, 0.29) is 5.56 Å². The standard InChI is InChI=1S/C12H16N2O6/c1-17-8-5-7(6-9(18-2)10(8)19-3)11(15)13-14-12(16)20-4/h5-6H,1-4H3,(H,13,15)(H,14,16). The number of nitrogens with one attached hydrogen (secondary N) is 2. The molecule has 0 aromatic heterocycles. The molecule has 0 fully saturated rings. The third kappa shape index (κ3) is 3.44. The van der Waals surface area contributed by atoms with Crippen molar-refractivity contribution < 1.29 is 28.5 Å². The first-order chi connectivity index (χ1) is 9.57. The van der Waals surface area contributed by atoms with Crippen LogP contribution in [0.25, 0.3) is 0 Å². The Kier molecular flexibility index (Phi) is 5.45. The molecule has 0 heterocycles. The molecule has 0 radical (unpaired) electrons. The van der Waals surface area contributed by atoms with Crippen molar-refractivity contribution in [2.24, 2.45) is 0 Å². The van der Waals surface area contributed by atoms with E-state index in [1.54, 1.807) is 0 Å². The minimum Gasteiger partial charge on any atom is -0.493 e. The molecule has 8 heteroatoms. The van der Waals surface area contributed by atoms with E-state index in [9.17, 15) is 9.59 Å². The molecule has 110 valence electrons. The highest BCUT2D eigenvalue weighted by Crippen LogP contribution is 2.38. The Bertz CT molecular complexity index is 478. The normalized spacial score (nSPS) is 9.40. The highest BCUT2D eigenvalue weighted by atomic mass is 16.5. The van der Waals surface area contributed by atoms with Gasteiger partial charge in [0.15, 0.2) is 11.5 Å². The Balaban J connectivity index is 3.00. The van der Waals surface area contributed by atoms with E-state index in [1.165, 1.54) is 40.6 Å². The molecule has 1 aromatic carbocycles. The van der Waals surface area contributed by atoms with Crippen LogP contribution < -0.4 is 25.1 Å². The minimum atomic E-state index is -0.786. The molecule has 0 atom stereocenters. The van der Waals surface area contributed by atoms with Crippen LogP contribution in [0, 0.1) is 0 Å². The third-order valence-corrected chi connectivity index (χ3v) is 2.39. The second-order valence-electron chi connectivity index (χ2n) is 3.48. The van der Waals surface area contributed by atoms with Crippen molar-refractivity contribution in [1.29, 1.82) is 0 Å². The van der Waals surface area contributed by atoms with Crippen LogP contribution in [0.2, 0.25) is 0 Å². The maximum absolute atomic E-state index is 11.9. The van der Waals surface area contributed by atoms with Crippen LogP contribution in [-0.2, 0) is 4.74 Å². The quantitative estimate of drug-likeness (QED) is 0.791. The molecule has 20 heavy (non-hydrogen) atoms. The molecular formula is C12H16N2O6. The Hall–Kier alpha value is -2.64. The van der Waals surface area contributed by atoms with Gasteiger partial charge in [0.2, 0.25) is 5.75 Å². The van der Waals surface area contributed by atoms with Crippen molar-refractivity contribution >= 4 is 12.0 Å². The molecule has 0 aliphatic rings. The number of benzene rings is 1. The Labute approximate surface area is 115 Å². The molecule has 0 aliphatic heterocycles. The molecule has 0 saturated heterocycles. The number of carbonyl (C=O) groups is 2. The fourth-order valence-corrected chi connectivity index (χ4v) is 1.44. The van der Waals surface area contributed by atoms with Crippen LogP contribution in [0.3, 0.4) is 0 Å². The Morgan fingerprint density at radius 2 is 1.45 bits per heavy atom. The Morgan fingerprint density at radius 1 is 0.900 bits per heavy atom. The first kappa shape index (κ1) is 15.4. The van der Waals surface area contributed by atoms with E-state index < -0.39 is 12.0 Å². The minimum absolute atomic E-state index is 0.218. The van der Waals surface area contributed by atoms with Gasteiger partial charge in [-0.05, 0) is 12.1 Å². The summed E-state index contributed by atoms with van der Waals surface area (Å²) in [5.41, 5.74) is 4.45. The van der Waals surface area contributed by atoms with Gasteiger partial charge in [0.05, 0.1) is 28.4 Å². The SMILES string of the molecule is COC(=O)NNC(=O)c1cc(OC)c(OC)c(OC)c1. The number of rotatable bonds is 4. The first-order valence-electron chi connectivity index (χ1n) is 5.51. The van der Waals surface area contributed by atoms with Gasteiger partial charge >= 0.3 is 6.09 Å². The number of hydrogen-bond acceptors (Lipinski definition) is 6. The fraction of sp³-hybridized carbons (Fsp3) is 0.333. The maximum Gasteiger partial charge on any atom is 0.425 e. The van der Waals surface area contributed by atoms with Gasteiger partial charge in [-0.25, -0.2) is 10.2 Å². The average molecular weight is 284 g/mol. The highest BCUT2D eigenvalue weighted by Gasteiger charge is 2.17. The fourth-order valence-electron chi connectivity index (χ4n) is 1.44. The zero-order valence-corrected chi connectivity index (χ0v) is 11.6. The first-order valence-corrected chi connectivity index (χ1v) is 5.51. The van der Waals surface area contributed by atoms with Crippen molar-refractivity contribution in [3.8, 4) is 17.2 Å². The molecule has 0 aliphatic carbocycles. The smallest absolute Gasteiger partial charge is 0.425 e. The summed E-state index contributed by atoms with van der Waals surface area (Å²) in [6, 6.07) is 2.91. The molecule has 8 nitrogen and oxygen atoms in total. The summed E-state index contributed by atoms with van der Waals surface area (Å²) in [5, 5.41) is 0. The molecule has 2 N–H and O–H groups in total. The number of hydrogen-bond donors (Lipinski definition) is 2. The number of amides is 2. The van der Waals surface area contributed by atoms with Crippen LogP contribution in [-0.4, -0.2) is 40.4 Å². The maximum atomic E-state index is 11.9. The van der Waals surface area contributed by atoms with Gasteiger partial charge in [0.25, 0.3) is 5.91 Å². The van der Waals surface area contributed by atoms with Crippen LogP contribution in [0.5, 0.6) is 17.2 Å². The van der Waals surface area contributed by atoms with Gasteiger partial charge in [0, 0.05) is 5.56 Å². The number of methoxy groups -OCH3 is 4. The van der Waals surface area contributed by atoms with Crippen molar-refractivity contribution in [3.05, 3.63) is 17.7 Å². The molecule has 0 unspecified atom stereocenters. The summed E-state index contributed by atoms with van der Waals surface area (Å²) in [6.07, 6.45) is -0.786. The summed E-state index contributed by atoms with van der Waals surface area (Å²) in [4.78, 5) is 22.7. The number of carbonyl (C=O) groups excluding carboxylic acids is 2. The lowest BCUT2D eigenvalue weighted by Gasteiger charge is -2.14. The molecular weight excluding hydrogens is 268 g/mol. The lowest BCUT2D eigenvalue weighted by atomic mass is 10.1. The summed E-state index contributed by atoms with van der Waals surface area (Å²) in [5.74, 6) is 0.465. The van der Waals surface area contributed by atoms with Crippen molar-refractivity contribution in [2.75, 3.05) is 28.4 Å². The molecule has 0 bridgehead atoms. The van der Waals surface area contributed by atoms with E-state index in [2.05, 4.69) is 15.6 Å². The predicted molar refractivity (Wildman–Crippen MR) is 69.1 cm³/mol. The lowest BCUT2D eigenvalue weighted by molar-refractivity contribution is 0.0920. The van der Waals surface area contributed by atoms with Crippen LogP contribution >= 0.6 is 0 Å². The van der Waals surface area contributed by atoms with Crippen LogP contribution in [0.15, 0.2) is 12.1 Å². The summed E-state index contributed by atoms with van der Waals surface area (Å²) in [6.45, 7) is 0. The molecule has 1 rings (SSSR count). The van der Waals surface area contributed by atoms with Crippen molar-refractivity contribution in [3.63, 3.8) is 0 Å². The summed E-state index contributed by atoms with van der Waals surface area (Å²) < 4.78 is 19.7. The van der Waals surface area contributed by atoms with Gasteiger partial charge < -0.3 is 18.9 Å². The Morgan fingerprint density at radius 3 is 1.85 bits per heavy atom. The zero-order chi connectivity index (χ0) is 15.1. The van der Waals surface area contributed by atoms with Gasteiger partial charge in [0.1, 0.15) is 0 Å². The summed E-state index contributed by atoms with van der Waals surface area (Å²) >= 11 is 0. The molecule has 2 amide bonds. The van der Waals surface area contributed by atoms with E-state index in [1.807, 2.05) is 0 Å². The van der Waals surface area contributed by atoms with E-state index in [0.29, 0.717) is 17.2 Å². The second kappa shape index (κ2) is 7.07. The van der Waals surface area contributed by atoms with E-state index in [4.69, 9.17) is 14.2 Å². The third-order valence-electron chi connectivity index (χ3n) is 2.39. The highest BCUT2D eigenvalue weighted by molar-refractivity contribution is 5.96. The lowest BCUT2D eigenvalue weighted by Crippen LogP contribution is -2.41. The van der Waals surface area contributed by atoms with E-state index >= 15 is 0 Å². The molecule has 1 aromatic rings.